The SMILES string of the molecule is O=C1C2=C(CC=CC2)C(=O)N1CCBr. The lowest BCUT2D eigenvalue weighted by Gasteiger charge is -2.12. The van der Waals surface area contributed by atoms with Crippen molar-refractivity contribution in [1.82, 2.24) is 4.90 Å². The number of carbonyl (C=O) groups excluding carboxylic acids is 2. The second-order valence-corrected chi connectivity index (χ2v) is 4.08. The molecule has 0 aromatic rings. The average Bonchev–Trinajstić information content (AvgIpc) is 2.45. The highest BCUT2D eigenvalue weighted by atomic mass is 79.9. The van der Waals surface area contributed by atoms with Crippen LogP contribution in [-0.2, 0) is 9.59 Å². The Labute approximate surface area is 90.6 Å². The Morgan fingerprint density at radius 3 is 2.07 bits per heavy atom. The lowest BCUT2D eigenvalue weighted by Crippen LogP contribution is -2.33. The molecule has 0 N–H and O–H groups in total. The molecule has 0 fully saturated rings. The molecule has 0 saturated carbocycles. The first-order chi connectivity index (χ1) is 6.75. The first kappa shape index (κ1) is 9.65. The number of hydrogen-bond donors (Lipinski definition) is 0. The number of alkyl halides is 1. The number of carbonyl (C=O) groups is 2. The van der Waals surface area contributed by atoms with E-state index in [4.69, 9.17) is 0 Å². The zero-order valence-electron chi connectivity index (χ0n) is 7.62. The largest absolute Gasteiger partial charge is 0.274 e. The fourth-order valence-corrected chi connectivity index (χ4v) is 2.14. The van der Waals surface area contributed by atoms with Gasteiger partial charge < -0.3 is 0 Å². The first-order valence-electron chi connectivity index (χ1n) is 4.55. The lowest BCUT2D eigenvalue weighted by atomic mass is 9.99. The second-order valence-electron chi connectivity index (χ2n) is 3.29. The van der Waals surface area contributed by atoms with Gasteiger partial charge in [0.25, 0.3) is 11.8 Å². The van der Waals surface area contributed by atoms with Gasteiger partial charge in [-0.15, -0.1) is 0 Å². The molecule has 14 heavy (non-hydrogen) atoms. The van der Waals surface area contributed by atoms with E-state index in [1.807, 2.05) is 12.2 Å². The first-order valence-corrected chi connectivity index (χ1v) is 5.67. The average molecular weight is 256 g/mol. The third kappa shape index (κ3) is 1.34. The summed E-state index contributed by atoms with van der Waals surface area (Å²) in [5.74, 6) is -0.206. The van der Waals surface area contributed by atoms with Crippen LogP contribution < -0.4 is 0 Å². The number of rotatable bonds is 2. The fraction of sp³-hybridized carbons (Fsp3) is 0.400. The minimum Gasteiger partial charge on any atom is -0.274 e. The van der Waals surface area contributed by atoms with Crippen LogP contribution >= 0.6 is 15.9 Å². The van der Waals surface area contributed by atoms with Crippen LogP contribution in [0.4, 0.5) is 0 Å². The quantitative estimate of drug-likeness (QED) is 0.425. The van der Waals surface area contributed by atoms with E-state index < -0.39 is 0 Å². The summed E-state index contributed by atoms with van der Waals surface area (Å²) in [6.45, 7) is 0.463. The summed E-state index contributed by atoms with van der Waals surface area (Å²) >= 11 is 3.23. The molecule has 0 radical (unpaired) electrons. The normalized spacial score (nSPS) is 20.8. The van der Waals surface area contributed by atoms with Crippen LogP contribution in [0.25, 0.3) is 0 Å². The van der Waals surface area contributed by atoms with Gasteiger partial charge >= 0.3 is 0 Å². The number of halogens is 1. The van der Waals surface area contributed by atoms with E-state index in [1.54, 1.807) is 0 Å². The van der Waals surface area contributed by atoms with E-state index in [1.165, 1.54) is 4.90 Å². The molecular formula is C10H10BrNO2. The molecule has 0 bridgehead atoms. The summed E-state index contributed by atoms with van der Waals surface area (Å²) in [7, 11) is 0. The van der Waals surface area contributed by atoms with E-state index in [0.717, 1.165) is 0 Å². The van der Waals surface area contributed by atoms with Gasteiger partial charge in [-0.2, -0.15) is 0 Å². The summed E-state index contributed by atoms with van der Waals surface area (Å²) in [6, 6.07) is 0. The van der Waals surface area contributed by atoms with Crippen LogP contribution in [-0.4, -0.2) is 28.6 Å². The molecule has 3 nitrogen and oxygen atoms in total. The Kier molecular flexibility index (Phi) is 2.54. The van der Waals surface area contributed by atoms with Crippen molar-refractivity contribution in [3.05, 3.63) is 23.3 Å². The van der Waals surface area contributed by atoms with E-state index in [0.29, 0.717) is 35.9 Å². The van der Waals surface area contributed by atoms with E-state index in [-0.39, 0.29) is 11.8 Å². The van der Waals surface area contributed by atoms with Gasteiger partial charge in [0.1, 0.15) is 0 Å². The minimum absolute atomic E-state index is 0.103. The van der Waals surface area contributed by atoms with Gasteiger partial charge in [0.05, 0.1) is 0 Å². The maximum absolute atomic E-state index is 11.7. The van der Waals surface area contributed by atoms with Crippen LogP contribution in [0.1, 0.15) is 12.8 Å². The fourth-order valence-electron chi connectivity index (χ4n) is 1.79. The van der Waals surface area contributed by atoms with Crippen molar-refractivity contribution >= 4 is 27.7 Å². The molecule has 2 rings (SSSR count). The topological polar surface area (TPSA) is 37.4 Å². The predicted octanol–water partition coefficient (Wildman–Crippen LogP) is 1.40. The van der Waals surface area contributed by atoms with Gasteiger partial charge in [-0.1, -0.05) is 28.1 Å². The Morgan fingerprint density at radius 2 is 1.64 bits per heavy atom. The monoisotopic (exact) mass is 255 g/mol. The third-order valence-electron chi connectivity index (χ3n) is 2.49. The summed E-state index contributed by atoms with van der Waals surface area (Å²) < 4.78 is 0. The number of allylic oxidation sites excluding steroid dienone is 2. The van der Waals surface area contributed by atoms with Gasteiger partial charge in [0.15, 0.2) is 0 Å². The number of nitrogens with zero attached hydrogens (tertiary/aromatic N) is 1. The van der Waals surface area contributed by atoms with Gasteiger partial charge in [-0.05, 0) is 12.8 Å². The van der Waals surface area contributed by atoms with Crippen molar-refractivity contribution in [2.45, 2.75) is 12.8 Å². The van der Waals surface area contributed by atoms with Crippen LogP contribution in [0, 0.1) is 0 Å². The van der Waals surface area contributed by atoms with Crippen molar-refractivity contribution in [3.63, 3.8) is 0 Å². The molecule has 2 aliphatic rings. The van der Waals surface area contributed by atoms with Gasteiger partial charge in [0, 0.05) is 23.0 Å². The Balaban J connectivity index is 2.26. The lowest BCUT2D eigenvalue weighted by molar-refractivity contribution is -0.137. The summed E-state index contributed by atoms with van der Waals surface area (Å²) in [4.78, 5) is 24.8. The predicted molar refractivity (Wildman–Crippen MR) is 55.9 cm³/mol. The van der Waals surface area contributed by atoms with E-state index in [9.17, 15) is 9.59 Å². The molecule has 0 spiro atoms. The van der Waals surface area contributed by atoms with E-state index in [2.05, 4.69) is 15.9 Å². The second kappa shape index (κ2) is 3.69. The standard InChI is InChI=1S/C10H10BrNO2/c11-5-6-12-9(13)7-3-1-2-4-8(7)10(12)14/h1-2H,3-6H2. The number of amides is 2. The Hall–Kier alpha value is -0.900. The van der Waals surface area contributed by atoms with Crippen molar-refractivity contribution in [3.8, 4) is 0 Å². The summed E-state index contributed by atoms with van der Waals surface area (Å²) in [5, 5.41) is 0.637. The minimum atomic E-state index is -0.103. The molecule has 74 valence electrons. The van der Waals surface area contributed by atoms with Crippen molar-refractivity contribution in [2.24, 2.45) is 0 Å². The molecule has 1 aliphatic heterocycles. The van der Waals surface area contributed by atoms with Crippen LogP contribution in [0.3, 0.4) is 0 Å². The van der Waals surface area contributed by atoms with Crippen LogP contribution in [0.5, 0.6) is 0 Å². The molecule has 0 aromatic heterocycles. The van der Waals surface area contributed by atoms with Crippen molar-refractivity contribution < 1.29 is 9.59 Å². The molecule has 0 saturated heterocycles. The smallest absolute Gasteiger partial charge is 0.257 e. The highest BCUT2D eigenvalue weighted by molar-refractivity contribution is 9.09. The highest BCUT2D eigenvalue weighted by Crippen LogP contribution is 2.29. The van der Waals surface area contributed by atoms with Gasteiger partial charge in [-0.25, -0.2) is 0 Å². The molecular weight excluding hydrogens is 246 g/mol. The zero-order chi connectivity index (χ0) is 10.1. The Morgan fingerprint density at radius 1 is 1.14 bits per heavy atom. The number of hydrogen-bond acceptors (Lipinski definition) is 2. The maximum Gasteiger partial charge on any atom is 0.257 e. The third-order valence-corrected chi connectivity index (χ3v) is 2.84. The summed E-state index contributed by atoms with van der Waals surface area (Å²) in [6.07, 6.45) is 5.11. The molecule has 0 aromatic carbocycles. The Bertz CT molecular complexity index is 327. The highest BCUT2D eigenvalue weighted by Gasteiger charge is 2.36. The zero-order valence-corrected chi connectivity index (χ0v) is 9.21. The summed E-state index contributed by atoms with van der Waals surface area (Å²) in [5.41, 5.74) is 1.39. The van der Waals surface area contributed by atoms with Crippen LogP contribution in [0.15, 0.2) is 23.3 Å². The molecule has 0 atom stereocenters. The van der Waals surface area contributed by atoms with Crippen LogP contribution in [0.2, 0.25) is 0 Å². The molecule has 2 amide bonds. The molecule has 0 unspecified atom stereocenters. The van der Waals surface area contributed by atoms with Crippen molar-refractivity contribution in [1.29, 1.82) is 0 Å². The molecule has 1 aliphatic carbocycles. The molecule has 4 heteroatoms. The number of imide groups is 1. The van der Waals surface area contributed by atoms with Crippen molar-refractivity contribution in [2.75, 3.05) is 11.9 Å². The van der Waals surface area contributed by atoms with E-state index >= 15 is 0 Å². The maximum atomic E-state index is 11.7. The van der Waals surface area contributed by atoms with Gasteiger partial charge in [0.2, 0.25) is 0 Å². The van der Waals surface area contributed by atoms with Gasteiger partial charge in [-0.3, -0.25) is 14.5 Å². The molecule has 1 heterocycles.